The van der Waals surface area contributed by atoms with E-state index in [0.717, 1.165) is 0 Å². The number of nitriles is 1. The monoisotopic (exact) mass is 366 g/mol. The quantitative estimate of drug-likeness (QED) is 0.598. The highest BCUT2D eigenvalue weighted by atomic mass is 35.5. The molecular weight excluding hydrogens is 359 g/mol. The van der Waals surface area contributed by atoms with Crippen molar-refractivity contribution in [2.45, 2.75) is 0 Å². The van der Waals surface area contributed by atoms with Crippen LogP contribution in [0.5, 0.6) is 5.75 Å². The second-order valence-corrected chi connectivity index (χ2v) is 5.65. The van der Waals surface area contributed by atoms with Crippen LogP contribution in [0, 0.1) is 11.3 Å². The molecule has 0 fully saturated rings. The van der Waals surface area contributed by atoms with Gasteiger partial charge in [-0.25, -0.2) is 0 Å². The SMILES string of the molecule is N#C/C(=C/c1ccc(O)c(Cl)c1)C(=O)Nc1c(Cl)cccc1Cl. The molecule has 0 spiro atoms. The molecule has 0 aliphatic carbocycles. The van der Waals surface area contributed by atoms with Gasteiger partial charge in [-0.05, 0) is 35.9 Å². The summed E-state index contributed by atoms with van der Waals surface area (Å²) in [5.74, 6) is -0.749. The number of benzene rings is 2. The number of carbonyl (C=O) groups is 1. The summed E-state index contributed by atoms with van der Waals surface area (Å²) in [5, 5.41) is 21.7. The van der Waals surface area contributed by atoms with Crippen LogP contribution in [-0.4, -0.2) is 11.0 Å². The Morgan fingerprint density at radius 1 is 1.13 bits per heavy atom. The minimum atomic E-state index is -0.660. The molecule has 116 valence electrons. The van der Waals surface area contributed by atoms with E-state index in [2.05, 4.69) is 5.32 Å². The molecule has 23 heavy (non-hydrogen) atoms. The Morgan fingerprint density at radius 2 is 1.78 bits per heavy atom. The van der Waals surface area contributed by atoms with Crippen LogP contribution in [0.25, 0.3) is 6.08 Å². The molecule has 2 aromatic rings. The Labute approximate surface area is 147 Å². The molecular formula is C16H9Cl3N2O2. The molecule has 0 bridgehead atoms. The summed E-state index contributed by atoms with van der Waals surface area (Å²) in [6.45, 7) is 0. The minimum Gasteiger partial charge on any atom is -0.506 e. The van der Waals surface area contributed by atoms with Crippen LogP contribution in [0.3, 0.4) is 0 Å². The molecule has 4 nitrogen and oxygen atoms in total. The highest BCUT2D eigenvalue weighted by Gasteiger charge is 2.14. The third kappa shape index (κ3) is 4.17. The van der Waals surface area contributed by atoms with Gasteiger partial charge < -0.3 is 10.4 Å². The van der Waals surface area contributed by atoms with Crippen LogP contribution in [0.2, 0.25) is 15.1 Å². The maximum absolute atomic E-state index is 12.2. The molecule has 7 heteroatoms. The first-order valence-corrected chi connectivity index (χ1v) is 7.41. The second kappa shape index (κ2) is 7.38. The third-order valence-corrected chi connectivity index (χ3v) is 3.78. The maximum Gasteiger partial charge on any atom is 0.266 e. The zero-order valence-corrected chi connectivity index (χ0v) is 13.7. The van der Waals surface area contributed by atoms with Crippen LogP contribution in [-0.2, 0) is 4.79 Å². The van der Waals surface area contributed by atoms with Gasteiger partial charge in [0.15, 0.2) is 0 Å². The van der Waals surface area contributed by atoms with Gasteiger partial charge in [0.05, 0.1) is 20.8 Å². The van der Waals surface area contributed by atoms with Crippen molar-refractivity contribution in [3.63, 3.8) is 0 Å². The van der Waals surface area contributed by atoms with Crippen molar-refractivity contribution >= 4 is 52.5 Å². The summed E-state index contributed by atoms with van der Waals surface area (Å²) < 4.78 is 0. The number of anilines is 1. The molecule has 0 saturated heterocycles. The van der Waals surface area contributed by atoms with Crippen LogP contribution in [0.4, 0.5) is 5.69 Å². The van der Waals surface area contributed by atoms with Crippen molar-refractivity contribution in [1.82, 2.24) is 0 Å². The zero-order valence-electron chi connectivity index (χ0n) is 11.5. The molecule has 0 saturated carbocycles. The Balaban J connectivity index is 2.30. The van der Waals surface area contributed by atoms with Gasteiger partial charge in [0.2, 0.25) is 0 Å². The van der Waals surface area contributed by atoms with E-state index in [-0.39, 0.29) is 32.1 Å². The normalized spacial score (nSPS) is 11.0. The van der Waals surface area contributed by atoms with E-state index < -0.39 is 5.91 Å². The fourth-order valence-electron chi connectivity index (χ4n) is 1.73. The lowest BCUT2D eigenvalue weighted by Crippen LogP contribution is -2.14. The number of rotatable bonds is 3. The summed E-state index contributed by atoms with van der Waals surface area (Å²) in [4.78, 5) is 12.2. The third-order valence-electron chi connectivity index (χ3n) is 2.85. The number of phenolic OH excluding ortho intramolecular Hbond substituents is 1. The van der Waals surface area contributed by atoms with Gasteiger partial charge in [-0.2, -0.15) is 5.26 Å². The number of hydrogen-bond acceptors (Lipinski definition) is 3. The molecule has 0 atom stereocenters. The molecule has 2 aromatic carbocycles. The van der Waals surface area contributed by atoms with Crippen molar-refractivity contribution in [2.75, 3.05) is 5.32 Å². The van der Waals surface area contributed by atoms with Crippen molar-refractivity contribution in [2.24, 2.45) is 0 Å². The minimum absolute atomic E-state index is 0.0883. The van der Waals surface area contributed by atoms with Gasteiger partial charge in [0.1, 0.15) is 17.4 Å². The number of phenols is 1. The van der Waals surface area contributed by atoms with Crippen LogP contribution < -0.4 is 5.32 Å². The Bertz CT molecular complexity index is 821. The molecule has 0 radical (unpaired) electrons. The number of para-hydroxylation sites is 1. The average Bonchev–Trinajstić information content (AvgIpc) is 2.52. The molecule has 0 aromatic heterocycles. The molecule has 1 amide bonds. The van der Waals surface area contributed by atoms with Gasteiger partial charge in [0.25, 0.3) is 5.91 Å². The van der Waals surface area contributed by atoms with Gasteiger partial charge in [-0.3, -0.25) is 4.79 Å². The number of hydrogen-bond donors (Lipinski definition) is 2. The van der Waals surface area contributed by atoms with Crippen molar-refractivity contribution in [1.29, 1.82) is 5.26 Å². The largest absolute Gasteiger partial charge is 0.506 e. The lowest BCUT2D eigenvalue weighted by molar-refractivity contribution is -0.112. The first-order valence-electron chi connectivity index (χ1n) is 6.28. The summed E-state index contributed by atoms with van der Waals surface area (Å²) in [5.41, 5.74) is 0.554. The van der Waals surface area contributed by atoms with E-state index in [1.165, 1.54) is 24.3 Å². The lowest BCUT2D eigenvalue weighted by atomic mass is 10.1. The van der Waals surface area contributed by atoms with Crippen LogP contribution in [0.1, 0.15) is 5.56 Å². The average molecular weight is 368 g/mol. The number of halogens is 3. The molecule has 0 aliphatic heterocycles. The Kier molecular flexibility index (Phi) is 5.51. The summed E-state index contributed by atoms with van der Waals surface area (Å²) >= 11 is 17.7. The van der Waals surface area contributed by atoms with Crippen LogP contribution in [0.15, 0.2) is 42.0 Å². The summed E-state index contributed by atoms with van der Waals surface area (Å²) in [6.07, 6.45) is 1.34. The summed E-state index contributed by atoms with van der Waals surface area (Å²) in [6, 6.07) is 10.9. The zero-order chi connectivity index (χ0) is 17.0. The molecule has 0 heterocycles. The Hall–Kier alpha value is -2.19. The summed E-state index contributed by atoms with van der Waals surface area (Å²) in [7, 11) is 0. The standard InChI is InChI=1S/C16H9Cl3N2O2/c17-11-2-1-3-12(18)15(11)21-16(23)10(8-20)6-9-4-5-14(22)13(19)7-9/h1-7,22H,(H,21,23)/b10-6-. The molecule has 0 aliphatic rings. The molecule has 2 N–H and O–H groups in total. The lowest BCUT2D eigenvalue weighted by Gasteiger charge is -2.08. The number of nitrogens with zero attached hydrogens (tertiary/aromatic N) is 1. The predicted molar refractivity (Wildman–Crippen MR) is 91.8 cm³/mol. The number of carbonyl (C=O) groups excluding carboxylic acids is 1. The first-order chi connectivity index (χ1) is 10.9. The Morgan fingerprint density at radius 3 is 2.35 bits per heavy atom. The maximum atomic E-state index is 12.2. The number of nitrogens with one attached hydrogen (secondary N) is 1. The fourth-order valence-corrected chi connectivity index (χ4v) is 2.41. The van der Waals surface area contributed by atoms with Gasteiger partial charge >= 0.3 is 0 Å². The molecule has 0 unspecified atom stereocenters. The van der Waals surface area contributed by atoms with Crippen LogP contribution >= 0.6 is 34.8 Å². The highest BCUT2D eigenvalue weighted by Crippen LogP contribution is 2.30. The predicted octanol–water partition coefficient (Wildman–Crippen LogP) is 4.90. The number of amides is 1. The van der Waals surface area contributed by atoms with E-state index in [9.17, 15) is 15.2 Å². The smallest absolute Gasteiger partial charge is 0.266 e. The fraction of sp³-hybridized carbons (Fsp3) is 0. The topological polar surface area (TPSA) is 73.1 Å². The molecule has 2 rings (SSSR count). The van der Waals surface area contributed by atoms with E-state index in [1.54, 1.807) is 24.3 Å². The van der Waals surface area contributed by atoms with Crippen molar-refractivity contribution < 1.29 is 9.90 Å². The van der Waals surface area contributed by atoms with Crippen molar-refractivity contribution in [3.8, 4) is 11.8 Å². The van der Waals surface area contributed by atoms with E-state index in [0.29, 0.717) is 5.56 Å². The first kappa shape index (κ1) is 17.2. The highest BCUT2D eigenvalue weighted by molar-refractivity contribution is 6.40. The van der Waals surface area contributed by atoms with Crippen molar-refractivity contribution in [3.05, 3.63) is 62.6 Å². The van der Waals surface area contributed by atoms with Gasteiger partial charge in [-0.1, -0.05) is 46.9 Å². The van der Waals surface area contributed by atoms with Gasteiger partial charge in [0, 0.05) is 0 Å². The van der Waals surface area contributed by atoms with E-state index in [1.807, 2.05) is 0 Å². The van der Waals surface area contributed by atoms with Gasteiger partial charge in [-0.15, -0.1) is 0 Å². The second-order valence-electron chi connectivity index (χ2n) is 4.43. The van der Waals surface area contributed by atoms with E-state index in [4.69, 9.17) is 34.8 Å². The number of aromatic hydroxyl groups is 1. The van der Waals surface area contributed by atoms with E-state index >= 15 is 0 Å².